The number of hydrogen-bond acceptors (Lipinski definition) is 2. The predicted molar refractivity (Wildman–Crippen MR) is 119 cm³/mol. The van der Waals surface area contributed by atoms with E-state index in [1.54, 1.807) is 12.1 Å². The molecule has 0 radical (unpaired) electrons. The summed E-state index contributed by atoms with van der Waals surface area (Å²) in [4.78, 5) is 14.5. The van der Waals surface area contributed by atoms with Gasteiger partial charge in [-0.2, -0.15) is 0 Å². The maximum atomic E-state index is 12.7. The van der Waals surface area contributed by atoms with Crippen molar-refractivity contribution in [1.82, 2.24) is 5.32 Å². The Hall–Kier alpha value is -1.96. The van der Waals surface area contributed by atoms with Gasteiger partial charge in [-0.3, -0.25) is 15.0 Å². The van der Waals surface area contributed by atoms with Crippen LogP contribution in [0, 0.1) is 3.57 Å². The van der Waals surface area contributed by atoms with Crippen LogP contribution in [-0.2, 0) is 0 Å². The van der Waals surface area contributed by atoms with Crippen molar-refractivity contribution in [3.63, 3.8) is 0 Å². The number of anilines is 2. The molecule has 3 nitrogen and oxygen atoms in total. The summed E-state index contributed by atoms with van der Waals surface area (Å²) in [7, 11) is 0. The summed E-state index contributed by atoms with van der Waals surface area (Å²) in [6.07, 6.45) is 0. The van der Waals surface area contributed by atoms with Crippen molar-refractivity contribution in [3.8, 4) is 0 Å². The number of hydrogen-bond donors (Lipinski definition) is 1. The number of nitrogens with zero attached hydrogens (tertiary/aromatic N) is 1. The van der Waals surface area contributed by atoms with Gasteiger partial charge in [-0.05, 0) is 77.3 Å². The molecule has 0 fully saturated rings. The van der Waals surface area contributed by atoms with Gasteiger partial charge in [0, 0.05) is 14.9 Å². The summed E-state index contributed by atoms with van der Waals surface area (Å²) in [5.74, 6) is -0.338. The lowest BCUT2D eigenvalue weighted by molar-refractivity contribution is 0.0977. The van der Waals surface area contributed by atoms with Crippen LogP contribution in [0.1, 0.15) is 10.4 Å². The maximum Gasteiger partial charge on any atom is 0.258 e. The Labute approximate surface area is 176 Å². The third-order valence-electron chi connectivity index (χ3n) is 3.63. The molecule has 0 heterocycles. The van der Waals surface area contributed by atoms with Crippen LogP contribution in [0.5, 0.6) is 0 Å². The van der Waals surface area contributed by atoms with E-state index in [2.05, 4.69) is 27.9 Å². The summed E-state index contributed by atoms with van der Waals surface area (Å²) in [6, 6.07) is 24.6. The lowest BCUT2D eigenvalue weighted by Crippen LogP contribution is -2.40. The molecule has 130 valence electrons. The molecule has 1 N–H and O–H groups in total. The largest absolute Gasteiger partial charge is 0.298 e. The maximum absolute atomic E-state index is 12.7. The second-order valence-corrected chi connectivity index (χ2v) is 7.43. The summed E-state index contributed by atoms with van der Waals surface area (Å²) < 4.78 is 0.922. The first-order valence-corrected chi connectivity index (χ1v) is 9.63. The second-order valence-electron chi connectivity index (χ2n) is 5.39. The molecule has 6 heteroatoms. The minimum absolute atomic E-state index is 0.280. The van der Waals surface area contributed by atoms with Crippen molar-refractivity contribution in [2.75, 3.05) is 4.90 Å². The van der Waals surface area contributed by atoms with Crippen LogP contribution in [0.25, 0.3) is 0 Å². The van der Waals surface area contributed by atoms with Crippen molar-refractivity contribution < 1.29 is 4.79 Å². The van der Waals surface area contributed by atoms with Crippen LogP contribution in [0.15, 0.2) is 78.9 Å². The van der Waals surface area contributed by atoms with Gasteiger partial charge in [-0.15, -0.1) is 0 Å². The average molecular weight is 493 g/mol. The number of rotatable bonds is 3. The van der Waals surface area contributed by atoms with Crippen LogP contribution in [0.4, 0.5) is 11.4 Å². The van der Waals surface area contributed by atoms with Crippen LogP contribution in [0.3, 0.4) is 0 Å². The highest BCUT2D eigenvalue weighted by atomic mass is 127. The Bertz CT molecular complexity index is 896. The number of para-hydroxylation sites is 2. The van der Waals surface area contributed by atoms with E-state index in [9.17, 15) is 4.79 Å². The van der Waals surface area contributed by atoms with Crippen molar-refractivity contribution >= 4 is 68.8 Å². The van der Waals surface area contributed by atoms with E-state index in [0.717, 1.165) is 14.9 Å². The number of thiocarbonyl (C=S) groups is 1. The third-order valence-corrected chi connectivity index (χ3v) is 4.91. The Kier molecular flexibility index (Phi) is 6.24. The molecule has 0 aliphatic heterocycles. The Morgan fingerprint density at radius 1 is 0.923 bits per heavy atom. The van der Waals surface area contributed by atoms with Crippen LogP contribution in [-0.4, -0.2) is 11.0 Å². The first kappa shape index (κ1) is 18.8. The van der Waals surface area contributed by atoms with E-state index in [0.29, 0.717) is 10.6 Å². The smallest absolute Gasteiger partial charge is 0.258 e. The lowest BCUT2D eigenvalue weighted by Gasteiger charge is -2.25. The molecule has 0 aliphatic carbocycles. The highest BCUT2D eigenvalue weighted by molar-refractivity contribution is 14.1. The van der Waals surface area contributed by atoms with Gasteiger partial charge < -0.3 is 0 Å². The van der Waals surface area contributed by atoms with E-state index >= 15 is 0 Å². The zero-order chi connectivity index (χ0) is 18.5. The molecular formula is C20H14ClIN2OS. The Balaban J connectivity index is 1.91. The zero-order valence-corrected chi connectivity index (χ0v) is 17.3. The summed E-state index contributed by atoms with van der Waals surface area (Å²) >= 11 is 13.8. The molecule has 0 aromatic heterocycles. The van der Waals surface area contributed by atoms with E-state index in [1.807, 2.05) is 71.6 Å². The lowest BCUT2D eigenvalue weighted by atomic mass is 10.2. The summed E-state index contributed by atoms with van der Waals surface area (Å²) in [6.45, 7) is 0. The zero-order valence-electron chi connectivity index (χ0n) is 13.5. The average Bonchev–Trinajstić information content (AvgIpc) is 2.65. The number of amides is 1. The molecule has 0 saturated carbocycles. The van der Waals surface area contributed by atoms with Gasteiger partial charge in [0.25, 0.3) is 5.91 Å². The van der Waals surface area contributed by atoms with Gasteiger partial charge in [0.15, 0.2) is 5.11 Å². The van der Waals surface area contributed by atoms with Crippen LogP contribution in [0.2, 0.25) is 5.02 Å². The SMILES string of the molecule is O=C(NC(=S)N(c1ccccc1)c1ccccc1)c1cc(I)ccc1Cl. The van der Waals surface area contributed by atoms with Gasteiger partial charge in [-0.25, -0.2) is 0 Å². The van der Waals surface area contributed by atoms with E-state index in [-0.39, 0.29) is 11.0 Å². The molecule has 26 heavy (non-hydrogen) atoms. The molecule has 0 spiro atoms. The highest BCUT2D eigenvalue weighted by Crippen LogP contribution is 2.25. The fourth-order valence-corrected chi connectivity index (χ4v) is 3.43. The van der Waals surface area contributed by atoms with E-state index in [1.165, 1.54) is 0 Å². The fourth-order valence-electron chi connectivity index (χ4n) is 2.43. The molecule has 0 unspecified atom stereocenters. The van der Waals surface area contributed by atoms with Crippen molar-refractivity contribution in [1.29, 1.82) is 0 Å². The van der Waals surface area contributed by atoms with Gasteiger partial charge in [0.2, 0.25) is 0 Å². The minimum Gasteiger partial charge on any atom is -0.298 e. The molecular weight excluding hydrogens is 479 g/mol. The van der Waals surface area contributed by atoms with Gasteiger partial charge >= 0.3 is 0 Å². The number of carbonyl (C=O) groups is 1. The molecule has 0 saturated heterocycles. The monoisotopic (exact) mass is 492 g/mol. The first-order chi connectivity index (χ1) is 12.6. The number of nitrogens with one attached hydrogen (secondary N) is 1. The molecule has 3 rings (SSSR count). The van der Waals surface area contributed by atoms with E-state index < -0.39 is 0 Å². The fraction of sp³-hybridized carbons (Fsp3) is 0. The standard InChI is InChI=1S/C20H14ClIN2OS/c21-18-12-11-14(22)13-17(18)19(25)23-20(26)24(15-7-3-1-4-8-15)16-9-5-2-6-10-16/h1-13H,(H,23,25,26). The topological polar surface area (TPSA) is 32.3 Å². The third kappa shape index (κ3) is 4.41. The Morgan fingerprint density at radius 3 is 2.00 bits per heavy atom. The second kappa shape index (κ2) is 8.62. The molecule has 0 atom stereocenters. The minimum atomic E-state index is -0.338. The quantitative estimate of drug-likeness (QED) is 0.371. The summed E-state index contributed by atoms with van der Waals surface area (Å²) in [5, 5.41) is 3.46. The van der Waals surface area contributed by atoms with E-state index in [4.69, 9.17) is 23.8 Å². The normalized spacial score (nSPS) is 10.2. The molecule has 0 aliphatic rings. The first-order valence-electron chi connectivity index (χ1n) is 7.77. The number of carbonyl (C=O) groups excluding carboxylic acids is 1. The summed E-state index contributed by atoms with van der Waals surface area (Å²) in [5.41, 5.74) is 2.11. The molecule has 3 aromatic carbocycles. The highest BCUT2D eigenvalue weighted by Gasteiger charge is 2.19. The Morgan fingerprint density at radius 2 is 1.46 bits per heavy atom. The van der Waals surface area contributed by atoms with Crippen molar-refractivity contribution in [2.24, 2.45) is 0 Å². The van der Waals surface area contributed by atoms with Gasteiger partial charge in [-0.1, -0.05) is 48.0 Å². The molecule has 3 aromatic rings. The van der Waals surface area contributed by atoms with Crippen LogP contribution >= 0.6 is 46.4 Å². The van der Waals surface area contributed by atoms with Gasteiger partial charge in [0.05, 0.1) is 10.6 Å². The van der Waals surface area contributed by atoms with Crippen molar-refractivity contribution in [2.45, 2.75) is 0 Å². The number of benzene rings is 3. The van der Waals surface area contributed by atoms with Crippen molar-refractivity contribution in [3.05, 3.63) is 93.0 Å². The number of halogens is 2. The molecule has 0 bridgehead atoms. The predicted octanol–water partition coefficient (Wildman–Crippen LogP) is 5.80. The van der Waals surface area contributed by atoms with Crippen LogP contribution < -0.4 is 10.2 Å². The van der Waals surface area contributed by atoms with Gasteiger partial charge in [0.1, 0.15) is 0 Å². The molecule has 1 amide bonds.